The second-order valence-corrected chi connectivity index (χ2v) is 25.1. The molecule has 0 bridgehead atoms. The van der Waals surface area contributed by atoms with Gasteiger partial charge in [-0.15, -0.1) is 0 Å². The molecular weight excluding hydrogens is 1210 g/mol. The lowest BCUT2D eigenvalue weighted by molar-refractivity contribution is -0.159. The average Bonchev–Trinajstić information content (AvgIpc) is 2.23. The minimum Gasteiger partial charge on any atom is -0.399 e. The minimum absolute atomic E-state index is 0.0496. The Morgan fingerprint density at radius 1 is 0.568 bits per heavy atom. The van der Waals surface area contributed by atoms with E-state index in [1.54, 1.807) is 67.7 Å². The van der Waals surface area contributed by atoms with E-state index in [4.69, 9.17) is 42.9 Å². The molecule has 1 aliphatic heterocycles. The van der Waals surface area contributed by atoms with Crippen LogP contribution in [0.5, 0.6) is 0 Å². The van der Waals surface area contributed by atoms with Crippen LogP contribution >= 0.6 is 23.2 Å². The topological polar surface area (TPSA) is 217 Å². The number of rotatable bonds is 10. The highest BCUT2D eigenvalue weighted by molar-refractivity contribution is 6.62. The van der Waals surface area contributed by atoms with Gasteiger partial charge in [-0.25, -0.2) is 29.3 Å². The Labute approximate surface area is 511 Å². The summed E-state index contributed by atoms with van der Waals surface area (Å²) in [6, 6.07) is 28.4. The van der Waals surface area contributed by atoms with Crippen LogP contribution in [0.4, 0.5) is 39.5 Å². The number of hydrogen-bond acceptors (Lipinski definition) is 11. The number of hydrogen-bond donors (Lipinski definition) is 2. The molecular formula is C59H67BCl2F9N11O6. The predicted molar refractivity (Wildman–Crippen MR) is 319 cm³/mol. The lowest BCUT2D eigenvalue weighted by Gasteiger charge is -2.32. The van der Waals surface area contributed by atoms with Gasteiger partial charge in [-0.3, -0.25) is 22.8 Å². The van der Waals surface area contributed by atoms with E-state index in [0.717, 1.165) is 5.46 Å². The van der Waals surface area contributed by atoms with E-state index in [1.165, 1.54) is 84.5 Å². The van der Waals surface area contributed by atoms with E-state index in [2.05, 4.69) is 32.1 Å². The molecule has 0 spiro atoms. The van der Waals surface area contributed by atoms with Crippen LogP contribution in [0.1, 0.15) is 99.6 Å². The number of halogens is 11. The lowest BCUT2D eigenvalue weighted by Crippen LogP contribution is -2.41. The summed E-state index contributed by atoms with van der Waals surface area (Å²) in [4.78, 5) is 51.1. The number of aliphatic hydroxyl groups excluding tert-OH is 1. The summed E-state index contributed by atoms with van der Waals surface area (Å²) in [7, 11) is 4.23. The molecule has 0 amide bonds. The van der Waals surface area contributed by atoms with Crippen LogP contribution in [0.15, 0.2) is 99.3 Å². The molecule has 8 aromatic rings. The van der Waals surface area contributed by atoms with Gasteiger partial charge in [0.15, 0.2) is 16.9 Å². The summed E-state index contributed by atoms with van der Waals surface area (Å²) < 4.78 is 130. The zero-order chi connectivity index (χ0) is 66.5. The molecule has 1 saturated heterocycles. The zero-order valence-electron chi connectivity index (χ0n) is 50.5. The van der Waals surface area contributed by atoms with Crippen LogP contribution in [-0.2, 0) is 43.5 Å². The highest BCUT2D eigenvalue weighted by Crippen LogP contribution is 2.38. The second-order valence-electron chi connectivity index (χ2n) is 24.3. The first-order chi connectivity index (χ1) is 40.3. The number of benzene rings is 2. The van der Waals surface area contributed by atoms with Gasteiger partial charge >= 0.3 is 42.7 Å². The third-order valence-electron chi connectivity index (χ3n) is 14.2. The quantitative estimate of drug-likeness (QED) is 0.0746. The predicted octanol–water partition coefficient (Wildman–Crippen LogP) is 12.3. The number of aliphatic hydroxyl groups is 1. The maximum atomic E-state index is 12.9. The van der Waals surface area contributed by atoms with Crippen molar-refractivity contribution in [2.75, 3.05) is 6.61 Å². The Balaban J connectivity index is 0.000000210. The molecule has 6 aromatic heterocycles. The first-order valence-corrected chi connectivity index (χ1v) is 27.7. The van der Waals surface area contributed by atoms with Crippen LogP contribution in [0.2, 0.25) is 10.3 Å². The van der Waals surface area contributed by atoms with Gasteiger partial charge in [0.1, 0.15) is 10.3 Å². The molecule has 0 radical (unpaired) electrons. The van der Waals surface area contributed by atoms with E-state index >= 15 is 0 Å². The van der Waals surface area contributed by atoms with Gasteiger partial charge in [0, 0.05) is 51.9 Å². The standard InChI is InChI=1S/C20H19F3N4O.C13H16BNO2.C13H15ClF3N3O.C7H6ClN3O.C6H11F3O/c1-19(2,11-20(21,22)23)12-27-16-9-8-15(25-17(16)26(3)18(27)28)14-7-5-4-6-13(14)10-24;1-12(2)13(3,4)17-14(16-12)11-8-6-5-7-10(11)9-15;1-12(2,6-13(15,16)17)7-20-8-4-5-9(14)18-10(8)19(3)11(20)21;1-11-6-4(9-7(11)12)2-3-5(8)10-6;1-5(2,4-10)3-6(7,8)9/h4-9H,11-12H2,1-3H3;5-8H,1-4H3;4-5H,6-7H2,1-3H3;2-3H,1H3,(H,9,12);10H,3-4H2,1-2H3. The van der Waals surface area contributed by atoms with Crippen molar-refractivity contribution in [2.45, 2.75) is 131 Å². The summed E-state index contributed by atoms with van der Waals surface area (Å²) in [6.07, 6.45) is -15.7. The maximum absolute atomic E-state index is 12.9. The van der Waals surface area contributed by atoms with Crippen LogP contribution in [0.3, 0.4) is 0 Å². The van der Waals surface area contributed by atoms with Gasteiger partial charge in [-0.2, -0.15) is 50.0 Å². The van der Waals surface area contributed by atoms with Gasteiger partial charge < -0.3 is 19.4 Å². The van der Waals surface area contributed by atoms with Gasteiger partial charge in [0.05, 0.1) is 76.0 Å². The van der Waals surface area contributed by atoms with Gasteiger partial charge in [0.2, 0.25) is 0 Å². The highest BCUT2D eigenvalue weighted by atomic mass is 35.5. The molecule has 29 heteroatoms. The third-order valence-corrected chi connectivity index (χ3v) is 14.6. The summed E-state index contributed by atoms with van der Waals surface area (Å²) in [6.45, 7) is 16.1. The average molecular weight is 1280 g/mol. The molecule has 2 aromatic carbocycles. The molecule has 0 atom stereocenters. The van der Waals surface area contributed by atoms with E-state index in [-0.39, 0.29) is 35.1 Å². The molecule has 1 aliphatic rings. The first-order valence-electron chi connectivity index (χ1n) is 27.0. The molecule has 9 rings (SSSR count). The van der Waals surface area contributed by atoms with Crippen molar-refractivity contribution in [3.8, 4) is 23.4 Å². The molecule has 88 heavy (non-hydrogen) atoms. The molecule has 0 aliphatic carbocycles. The Bertz CT molecular complexity index is 4040. The SMILES string of the molecule is CC(C)(CO)CC(F)(F)F.CC1(C)OB(c2ccccc2C#N)OC1(C)C.Cn1c(=O)[nH]c2ccc(Cl)nc21.Cn1c(=O)n(CC(C)(C)CC(F)(F)F)c2ccc(-c3ccccc3C#N)nc21.Cn1c(=O)n(CC(C)(C)CC(F)(F)F)c2ccc(Cl)nc21. The fourth-order valence-corrected chi connectivity index (χ4v) is 9.57. The number of pyridine rings is 3. The van der Waals surface area contributed by atoms with Crippen LogP contribution in [0, 0.1) is 38.9 Å². The van der Waals surface area contributed by atoms with Crippen molar-refractivity contribution in [1.82, 2.24) is 42.8 Å². The molecule has 0 unspecified atom stereocenters. The molecule has 474 valence electrons. The Morgan fingerprint density at radius 2 is 0.977 bits per heavy atom. The Morgan fingerprint density at radius 3 is 1.43 bits per heavy atom. The van der Waals surface area contributed by atoms with Crippen molar-refractivity contribution >= 4 is 69.3 Å². The molecule has 17 nitrogen and oxygen atoms in total. The Hall–Kier alpha value is -7.43. The van der Waals surface area contributed by atoms with Crippen molar-refractivity contribution in [3.05, 3.63) is 138 Å². The smallest absolute Gasteiger partial charge is 0.399 e. The van der Waals surface area contributed by atoms with Gasteiger partial charge in [0.25, 0.3) is 0 Å². The fraction of sp³-hybridized carbons (Fsp3) is 0.458. The summed E-state index contributed by atoms with van der Waals surface area (Å²) in [5.41, 5.74) is 0.868. The number of H-pyrrole nitrogens is 1. The number of imidazole rings is 3. The number of fused-ring (bicyclic) bond motifs is 3. The normalized spacial score (nSPS) is 14.2. The van der Waals surface area contributed by atoms with Gasteiger partial charge in [-0.05, 0) is 92.5 Å². The van der Waals surface area contributed by atoms with E-state index in [9.17, 15) is 59.2 Å². The van der Waals surface area contributed by atoms with Crippen LogP contribution in [0.25, 0.3) is 44.7 Å². The number of aromatic amines is 1. The Kier molecular flexibility index (Phi) is 22.0. The number of nitriles is 2. The van der Waals surface area contributed by atoms with Crippen LogP contribution < -0.4 is 22.5 Å². The second kappa shape index (κ2) is 27.1. The first kappa shape index (κ1) is 71.3. The van der Waals surface area contributed by atoms with Crippen molar-refractivity contribution in [2.24, 2.45) is 37.4 Å². The number of aromatic nitrogens is 9. The number of nitrogens with zero attached hydrogens (tertiary/aromatic N) is 10. The molecule has 2 N–H and O–H groups in total. The molecule has 1 fully saturated rings. The van der Waals surface area contributed by atoms with E-state index < -0.39 is 79.1 Å². The van der Waals surface area contributed by atoms with Crippen molar-refractivity contribution < 1.29 is 53.9 Å². The zero-order valence-corrected chi connectivity index (χ0v) is 52.0. The van der Waals surface area contributed by atoms with E-state index in [0.29, 0.717) is 61.0 Å². The van der Waals surface area contributed by atoms with Crippen molar-refractivity contribution in [1.29, 1.82) is 10.5 Å². The summed E-state index contributed by atoms with van der Waals surface area (Å²) in [5, 5.41) is 27.4. The summed E-state index contributed by atoms with van der Waals surface area (Å²) in [5.74, 6) is 0. The summed E-state index contributed by atoms with van der Waals surface area (Å²) >= 11 is 11.4. The van der Waals surface area contributed by atoms with Crippen molar-refractivity contribution in [3.63, 3.8) is 0 Å². The van der Waals surface area contributed by atoms with Crippen LogP contribution in [-0.4, -0.2) is 91.3 Å². The fourth-order valence-electron chi connectivity index (χ4n) is 9.28. The third kappa shape index (κ3) is 18.6. The highest BCUT2D eigenvalue weighted by Gasteiger charge is 2.52. The molecule has 0 saturated carbocycles. The van der Waals surface area contributed by atoms with Gasteiger partial charge in [-0.1, -0.05) is 101 Å². The largest absolute Gasteiger partial charge is 0.496 e. The number of nitrogens with one attached hydrogen (secondary N) is 1. The number of alkyl halides is 9. The minimum atomic E-state index is -4.32. The maximum Gasteiger partial charge on any atom is 0.496 e. The monoisotopic (exact) mass is 1280 g/mol. The number of aryl methyl sites for hydroxylation is 3. The van der Waals surface area contributed by atoms with E-state index in [1.807, 2.05) is 45.9 Å². The molecule has 7 heterocycles. The lowest BCUT2D eigenvalue weighted by atomic mass is 9.76.